The molecule has 3 nitrogen and oxygen atoms in total. The lowest BCUT2D eigenvalue weighted by Crippen LogP contribution is -2.73. The number of hydrogen-bond donors (Lipinski definition) is 1. The van der Waals surface area contributed by atoms with Gasteiger partial charge in [-0.3, -0.25) is 4.79 Å². The molecule has 5 saturated carbocycles. The molecule has 2 bridgehead atoms. The molecule has 0 amide bonds. The van der Waals surface area contributed by atoms with Gasteiger partial charge in [0.05, 0.1) is 23.7 Å². The van der Waals surface area contributed by atoms with Crippen molar-refractivity contribution in [2.24, 2.45) is 50.2 Å². The van der Waals surface area contributed by atoms with Gasteiger partial charge in [-0.2, -0.15) is 0 Å². The lowest BCUT2D eigenvalue weighted by molar-refractivity contribution is -0.282. The Bertz CT molecular complexity index is 891. The van der Waals surface area contributed by atoms with Gasteiger partial charge in [0, 0.05) is 17.8 Å². The quantitative estimate of drug-likeness (QED) is 0.449. The van der Waals surface area contributed by atoms with Gasteiger partial charge in [-0.05, 0) is 91.3 Å². The molecule has 3 heteroatoms. The Balaban J connectivity index is 1.46. The summed E-state index contributed by atoms with van der Waals surface area (Å²) in [7, 11) is 0. The molecule has 0 aromatic rings. The third-order valence-corrected chi connectivity index (χ3v) is 13.9. The van der Waals surface area contributed by atoms with Crippen molar-refractivity contribution < 1.29 is 14.6 Å². The average Bonchev–Trinajstić information content (AvgIpc) is 2.99. The first-order valence-corrected chi connectivity index (χ1v) is 14.0. The Morgan fingerprint density at radius 1 is 0.818 bits per heavy atom. The molecule has 0 aromatic heterocycles. The molecule has 1 aliphatic heterocycles. The Kier molecular flexibility index (Phi) is 4.38. The molecule has 1 saturated heterocycles. The van der Waals surface area contributed by atoms with E-state index in [1.54, 1.807) is 0 Å². The first-order valence-electron chi connectivity index (χ1n) is 14.0. The van der Waals surface area contributed by atoms with Crippen LogP contribution in [0.2, 0.25) is 0 Å². The van der Waals surface area contributed by atoms with E-state index in [4.69, 9.17) is 4.74 Å². The second-order valence-electron chi connectivity index (χ2n) is 15.7. The standard InChI is InChI=1S/C30H48O3/c1-24(2)14-15-29-18-33-30(21(29)16-24)13-9-20-26(5)11-10-22(31)25(3,4)19(26)8-12-27(20,6)28(30,7)17-23(29)32/h19-22,31H,8-18H2,1-7H3/t19-,20+,21+,22-,26-,27+,28-,29+,30-/m0/s1. The summed E-state index contributed by atoms with van der Waals surface area (Å²) in [4.78, 5) is 14.1. The number of ether oxygens (including phenoxy) is 1. The van der Waals surface area contributed by atoms with Gasteiger partial charge in [-0.25, -0.2) is 0 Å². The summed E-state index contributed by atoms with van der Waals surface area (Å²) in [5, 5.41) is 10.9. The number of fused-ring (bicyclic) bond motifs is 4. The third-order valence-electron chi connectivity index (χ3n) is 13.9. The maximum Gasteiger partial charge on any atom is 0.142 e. The van der Waals surface area contributed by atoms with E-state index >= 15 is 0 Å². The van der Waals surface area contributed by atoms with Gasteiger partial charge < -0.3 is 9.84 Å². The van der Waals surface area contributed by atoms with Gasteiger partial charge in [-0.1, -0.05) is 48.5 Å². The fourth-order valence-corrected chi connectivity index (χ4v) is 11.7. The highest BCUT2D eigenvalue weighted by atomic mass is 16.5. The number of aliphatic hydroxyl groups is 1. The topological polar surface area (TPSA) is 46.5 Å². The van der Waals surface area contributed by atoms with E-state index in [-0.39, 0.29) is 38.8 Å². The minimum absolute atomic E-state index is 0.0286. The number of rotatable bonds is 0. The first-order chi connectivity index (χ1) is 15.2. The zero-order valence-corrected chi connectivity index (χ0v) is 22.4. The Labute approximate surface area is 201 Å². The SMILES string of the molecule is CC1(C)CC[C@]23CO[C@@]4(CC[C@@H]5[C@@]6(C)CC[C@H](O)C(C)(C)[C@@H]6CC[C@@]5(C)[C@]4(C)CC2=O)[C@@H]3C1. The van der Waals surface area contributed by atoms with Crippen molar-refractivity contribution >= 4 is 5.78 Å². The second-order valence-corrected chi connectivity index (χ2v) is 15.7. The van der Waals surface area contributed by atoms with Crippen LogP contribution in [0.15, 0.2) is 0 Å². The van der Waals surface area contributed by atoms with Gasteiger partial charge >= 0.3 is 0 Å². The summed E-state index contributed by atoms with van der Waals surface area (Å²) in [6.07, 6.45) is 10.6. The number of ketones is 1. The van der Waals surface area contributed by atoms with Gasteiger partial charge in [0.25, 0.3) is 0 Å². The molecule has 186 valence electrons. The summed E-state index contributed by atoms with van der Waals surface area (Å²) in [5.74, 6) is 2.09. The van der Waals surface area contributed by atoms with Gasteiger partial charge in [-0.15, -0.1) is 0 Å². The van der Waals surface area contributed by atoms with Crippen molar-refractivity contribution in [3.63, 3.8) is 0 Å². The van der Waals surface area contributed by atoms with Crippen molar-refractivity contribution in [2.45, 2.75) is 124 Å². The summed E-state index contributed by atoms with van der Waals surface area (Å²) in [6, 6.07) is 0. The first kappa shape index (κ1) is 23.0. The van der Waals surface area contributed by atoms with E-state index in [1.165, 1.54) is 19.3 Å². The van der Waals surface area contributed by atoms with Crippen LogP contribution < -0.4 is 0 Å². The molecule has 33 heavy (non-hydrogen) atoms. The summed E-state index contributed by atoms with van der Waals surface area (Å²) < 4.78 is 7.05. The maximum atomic E-state index is 14.1. The Morgan fingerprint density at radius 3 is 2.24 bits per heavy atom. The zero-order chi connectivity index (χ0) is 23.9. The van der Waals surface area contributed by atoms with Crippen LogP contribution >= 0.6 is 0 Å². The maximum absolute atomic E-state index is 14.1. The molecular weight excluding hydrogens is 408 g/mol. The van der Waals surface area contributed by atoms with Crippen LogP contribution in [-0.2, 0) is 9.53 Å². The molecule has 6 fully saturated rings. The lowest BCUT2D eigenvalue weighted by atomic mass is 9.30. The molecule has 0 aromatic carbocycles. The fraction of sp³-hybridized carbons (Fsp3) is 0.967. The van der Waals surface area contributed by atoms with Crippen LogP contribution in [0.3, 0.4) is 0 Å². The Morgan fingerprint density at radius 2 is 1.52 bits per heavy atom. The number of carbonyl (C=O) groups is 1. The van der Waals surface area contributed by atoms with Crippen molar-refractivity contribution in [1.29, 1.82) is 0 Å². The van der Waals surface area contributed by atoms with Crippen LogP contribution in [0.25, 0.3) is 0 Å². The summed E-state index contributed by atoms with van der Waals surface area (Å²) in [5.41, 5.74) is 0.210. The Hall–Kier alpha value is -0.410. The molecular formula is C30H48O3. The molecule has 5 aliphatic carbocycles. The normalized spacial score (nSPS) is 58.6. The molecule has 9 atom stereocenters. The van der Waals surface area contributed by atoms with Crippen molar-refractivity contribution in [2.75, 3.05) is 6.61 Å². The smallest absolute Gasteiger partial charge is 0.142 e. The minimum atomic E-state index is -0.198. The number of aliphatic hydroxyl groups excluding tert-OH is 1. The highest BCUT2D eigenvalue weighted by molar-refractivity contribution is 5.88. The second kappa shape index (κ2) is 6.28. The molecule has 6 aliphatic rings. The van der Waals surface area contributed by atoms with E-state index < -0.39 is 0 Å². The minimum Gasteiger partial charge on any atom is -0.393 e. The summed E-state index contributed by atoms with van der Waals surface area (Å²) in [6.45, 7) is 17.8. The molecule has 6 rings (SSSR count). The van der Waals surface area contributed by atoms with E-state index in [0.717, 1.165) is 44.9 Å². The van der Waals surface area contributed by atoms with E-state index in [2.05, 4.69) is 48.5 Å². The molecule has 1 N–H and O–H groups in total. The van der Waals surface area contributed by atoms with E-state index in [0.29, 0.717) is 35.6 Å². The average molecular weight is 457 g/mol. The van der Waals surface area contributed by atoms with Gasteiger partial charge in [0.15, 0.2) is 0 Å². The number of carbonyl (C=O) groups excluding carboxylic acids is 1. The largest absolute Gasteiger partial charge is 0.393 e. The van der Waals surface area contributed by atoms with E-state index in [1.807, 2.05) is 0 Å². The zero-order valence-electron chi connectivity index (χ0n) is 22.4. The molecule has 1 spiro atoms. The molecule has 0 unspecified atom stereocenters. The highest BCUT2D eigenvalue weighted by Gasteiger charge is 2.80. The molecule has 0 radical (unpaired) electrons. The van der Waals surface area contributed by atoms with Crippen LogP contribution in [0.1, 0.15) is 113 Å². The van der Waals surface area contributed by atoms with Crippen molar-refractivity contribution in [1.82, 2.24) is 0 Å². The highest BCUT2D eigenvalue weighted by Crippen LogP contribution is 2.79. The number of Topliss-reactive ketones (excluding diaryl/α,β-unsaturated/α-hetero) is 1. The fourth-order valence-electron chi connectivity index (χ4n) is 11.7. The monoisotopic (exact) mass is 456 g/mol. The van der Waals surface area contributed by atoms with Crippen molar-refractivity contribution in [3.8, 4) is 0 Å². The van der Waals surface area contributed by atoms with Gasteiger partial charge in [0.2, 0.25) is 0 Å². The van der Waals surface area contributed by atoms with Crippen molar-refractivity contribution in [3.05, 3.63) is 0 Å². The number of hydrogen-bond acceptors (Lipinski definition) is 3. The summed E-state index contributed by atoms with van der Waals surface area (Å²) >= 11 is 0. The van der Waals surface area contributed by atoms with Crippen LogP contribution in [0, 0.1) is 50.2 Å². The lowest BCUT2D eigenvalue weighted by Gasteiger charge is -2.74. The van der Waals surface area contributed by atoms with Crippen LogP contribution in [0.5, 0.6) is 0 Å². The predicted octanol–water partition coefficient (Wildman–Crippen LogP) is 6.56. The molecule has 1 heterocycles. The van der Waals surface area contributed by atoms with Crippen LogP contribution in [0.4, 0.5) is 0 Å². The third kappa shape index (κ3) is 2.39. The predicted molar refractivity (Wildman–Crippen MR) is 131 cm³/mol. The van der Waals surface area contributed by atoms with Crippen LogP contribution in [-0.4, -0.2) is 29.2 Å². The van der Waals surface area contributed by atoms with E-state index in [9.17, 15) is 9.90 Å². The van der Waals surface area contributed by atoms with Gasteiger partial charge in [0.1, 0.15) is 5.78 Å².